The Hall–Kier alpha value is -1.22. The van der Waals surface area contributed by atoms with Crippen LogP contribution < -0.4 is 10.1 Å². The minimum atomic E-state index is -0.0242. The number of benzene rings is 1. The molecule has 0 bridgehead atoms. The normalized spacial score (nSPS) is 15.9. The van der Waals surface area contributed by atoms with Crippen LogP contribution in [0.1, 0.15) is 36.5 Å². The molecule has 1 aromatic rings. The van der Waals surface area contributed by atoms with Crippen molar-refractivity contribution in [1.82, 2.24) is 5.32 Å². The van der Waals surface area contributed by atoms with Crippen LogP contribution in [0.15, 0.2) is 24.3 Å². The highest BCUT2D eigenvalue weighted by molar-refractivity contribution is 6.17. The Labute approximate surface area is 119 Å². The van der Waals surface area contributed by atoms with Gasteiger partial charge in [0, 0.05) is 18.0 Å². The van der Waals surface area contributed by atoms with Gasteiger partial charge in [0.15, 0.2) is 0 Å². The number of carbonyl (C=O) groups is 1. The van der Waals surface area contributed by atoms with Crippen LogP contribution in [-0.2, 0) is 0 Å². The third-order valence-corrected chi connectivity index (χ3v) is 3.82. The van der Waals surface area contributed by atoms with E-state index in [9.17, 15) is 4.79 Å². The van der Waals surface area contributed by atoms with E-state index < -0.39 is 0 Å². The van der Waals surface area contributed by atoms with Crippen LogP contribution in [0.2, 0.25) is 0 Å². The summed E-state index contributed by atoms with van der Waals surface area (Å²) in [5.41, 5.74) is 0.938. The van der Waals surface area contributed by atoms with E-state index in [1.807, 2.05) is 19.1 Å². The topological polar surface area (TPSA) is 38.3 Å². The van der Waals surface area contributed by atoms with Gasteiger partial charge in [-0.05, 0) is 55.9 Å². The molecule has 1 fully saturated rings. The number of amides is 1. The lowest BCUT2D eigenvalue weighted by atomic mass is 10.0. The molecular weight excluding hydrogens is 262 g/mol. The maximum Gasteiger partial charge on any atom is 0.251 e. The first-order valence-electron chi connectivity index (χ1n) is 6.76. The summed E-state index contributed by atoms with van der Waals surface area (Å²) in [5.74, 6) is 1.43. The number of rotatable bonds is 7. The van der Waals surface area contributed by atoms with Crippen LogP contribution in [0.3, 0.4) is 0 Å². The molecule has 1 saturated carbocycles. The van der Waals surface area contributed by atoms with Crippen molar-refractivity contribution < 1.29 is 9.53 Å². The number of hydrogen-bond acceptors (Lipinski definition) is 2. The van der Waals surface area contributed by atoms with Crippen molar-refractivity contribution >= 4 is 17.5 Å². The average molecular weight is 282 g/mol. The number of hydrogen-bond donors (Lipinski definition) is 1. The highest BCUT2D eigenvalue weighted by Gasteiger charge is 2.41. The van der Waals surface area contributed by atoms with E-state index in [1.165, 1.54) is 12.8 Å². The lowest BCUT2D eigenvalue weighted by Gasteiger charge is -2.14. The fourth-order valence-electron chi connectivity index (χ4n) is 2.13. The standard InChI is InChI=1S/C15H20ClNO2/c1-2-19-13-5-3-12(4-6-13)14(18)17-11-15(7-8-15)9-10-16/h3-6H,2,7-11H2,1H3,(H,17,18). The molecule has 104 valence electrons. The van der Waals surface area contributed by atoms with E-state index >= 15 is 0 Å². The molecule has 0 saturated heterocycles. The van der Waals surface area contributed by atoms with Crippen molar-refractivity contribution in [2.75, 3.05) is 19.0 Å². The molecule has 0 aromatic heterocycles. The summed E-state index contributed by atoms with van der Waals surface area (Å²) >= 11 is 5.78. The van der Waals surface area contributed by atoms with Gasteiger partial charge in [-0.25, -0.2) is 0 Å². The SMILES string of the molecule is CCOc1ccc(C(=O)NCC2(CCCl)CC2)cc1. The Morgan fingerprint density at radius 3 is 2.58 bits per heavy atom. The maximum absolute atomic E-state index is 12.0. The first kappa shape index (κ1) is 14.2. The van der Waals surface area contributed by atoms with Gasteiger partial charge in [-0.1, -0.05) is 0 Å². The summed E-state index contributed by atoms with van der Waals surface area (Å²) in [6, 6.07) is 7.23. The molecule has 1 aliphatic carbocycles. The molecule has 0 aliphatic heterocycles. The van der Waals surface area contributed by atoms with Crippen LogP contribution in [0.5, 0.6) is 5.75 Å². The van der Waals surface area contributed by atoms with Gasteiger partial charge < -0.3 is 10.1 Å². The Morgan fingerprint density at radius 1 is 1.37 bits per heavy atom. The molecule has 1 aromatic carbocycles. The third-order valence-electron chi connectivity index (χ3n) is 3.63. The van der Waals surface area contributed by atoms with Crippen LogP contribution in [-0.4, -0.2) is 24.9 Å². The Morgan fingerprint density at radius 2 is 2.05 bits per heavy atom. The van der Waals surface area contributed by atoms with E-state index in [0.29, 0.717) is 18.1 Å². The molecule has 4 heteroatoms. The second kappa shape index (κ2) is 6.29. The van der Waals surface area contributed by atoms with Crippen molar-refractivity contribution in [3.8, 4) is 5.75 Å². The van der Waals surface area contributed by atoms with Crippen LogP contribution in [0, 0.1) is 5.41 Å². The van der Waals surface area contributed by atoms with Crippen molar-refractivity contribution in [2.24, 2.45) is 5.41 Å². The first-order valence-corrected chi connectivity index (χ1v) is 7.29. The lowest BCUT2D eigenvalue weighted by molar-refractivity contribution is 0.0944. The van der Waals surface area contributed by atoms with Crippen LogP contribution >= 0.6 is 11.6 Å². The van der Waals surface area contributed by atoms with E-state index in [4.69, 9.17) is 16.3 Å². The molecule has 2 rings (SSSR count). The van der Waals surface area contributed by atoms with Gasteiger partial charge >= 0.3 is 0 Å². The predicted octanol–water partition coefficient (Wildman–Crippen LogP) is 3.22. The molecule has 1 amide bonds. The Bertz CT molecular complexity index is 426. The molecule has 0 atom stereocenters. The van der Waals surface area contributed by atoms with Gasteiger partial charge in [0.2, 0.25) is 0 Å². The third kappa shape index (κ3) is 3.87. The molecule has 0 spiro atoms. The number of alkyl halides is 1. The van der Waals surface area contributed by atoms with Crippen molar-refractivity contribution in [3.63, 3.8) is 0 Å². The van der Waals surface area contributed by atoms with Crippen molar-refractivity contribution in [2.45, 2.75) is 26.2 Å². The molecular formula is C15H20ClNO2. The minimum Gasteiger partial charge on any atom is -0.494 e. The van der Waals surface area contributed by atoms with Gasteiger partial charge in [0.25, 0.3) is 5.91 Å². The zero-order valence-corrected chi connectivity index (χ0v) is 12.0. The van der Waals surface area contributed by atoms with E-state index in [1.54, 1.807) is 12.1 Å². The lowest BCUT2D eigenvalue weighted by Crippen LogP contribution is -2.30. The van der Waals surface area contributed by atoms with E-state index in [-0.39, 0.29) is 11.3 Å². The second-order valence-corrected chi connectivity index (χ2v) is 5.46. The van der Waals surface area contributed by atoms with Crippen LogP contribution in [0.25, 0.3) is 0 Å². The molecule has 1 aliphatic rings. The zero-order chi connectivity index (χ0) is 13.7. The molecule has 0 radical (unpaired) electrons. The number of halogens is 1. The number of nitrogens with one attached hydrogen (secondary N) is 1. The first-order chi connectivity index (χ1) is 9.19. The highest BCUT2D eigenvalue weighted by Crippen LogP contribution is 2.48. The minimum absolute atomic E-state index is 0.0242. The monoisotopic (exact) mass is 281 g/mol. The summed E-state index contributed by atoms with van der Waals surface area (Å²) < 4.78 is 5.35. The fraction of sp³-hybridized carbons (Fsp3) is 0.533. The van der Waals surface area contributed by atoms with E-state index in [2.05, 4.69) is 5.32 Å². The molecule has 3 nitrogen and oxygen atoms in total. The highest BCUT2D eigenvalue weighted by atomic mass is 35.5. The largest absolute Gasteiger partial charge is 0.494 e. The molecule has 19 heavy (non-hydrogen) atoms. The van der Waals surface area contributed by atoms with Crippen molar-refractivity contribution in [3.05, 3.63) is 29.8 Å². The second-order valence-electron chi connectivity index (χ2n) is 5.08. The summed E-state index contributed by atoms with van der Waals surface area (Å²) in [4.78, 5) is 12.0. The van der Waals surface area contributed by atoms with Crippen LogP contribution in [0.4, 0.5) is 0 Å². The summed E-state index contributed by atoms with van der Waals surface area (Å²) in [6.07, 6.45) is 3.32. The quantitative estimate of drug-likeness (QED) is 0.779. The molecule has 0 unspecified atom stereocenters. The Balaban J connectivity index is 1.86. The average Bonchev–Trinajstić information content (AvgIpc) is 3.18. The smallest absolute Gasteiger partial charge is 0.251 e. The zero-order valence-electron chi connectivity index (χ0n) is 11.2. The van der Waals surface area contributed by atoms with E-state index in [0.717, 1.165) is 18.7 Å². The van der Waals surface area contributed by atoms with Crippen molar-refractivity contribution in [1.29, 1.82) is 0 Å². The molecule has 0 heterocycles. The molecule has 1 N–H and O–H groups in total. The van der Waals surface area contributed by atoms with Gasteiger partial charge in [-0.3, -0.25) is 4.79 Å². The Kier molecular flexibility index (Phi) is 4.70. The summed E-state index contributed by atoms with van der Waals surface area (Å²) in [5, 5.41) is 3.00. The van der Waals surface area contributed by atoms with Gasteiger partial charge in [0.1, 0.15) is 5.75 Å². The van der Waals surface area contributed by atoms with Gasteiger partial charge in [0.05, 0.1) is 6.61 Å². The fourth-order valence-corrected chi connectivity index (χ4v) is 2.53. The summed E-state index contributed by atoms with van der Waals surface area (Å²) in [7, 11) is 0. The maximum atomic E-state index is 12.0. The number of ether oxygens (including phenoxy) is 1. The van der Waals surface area contributed by atoms with Gasteiger partial charge in [-0.2, -0.15) is 0 Å². The van der Waals surface area contributed by atoms with Gasteiger partial charge in [-0.15, -0.1) is 11.6 Å². The summed E-state index contributed by atoms with van der Waals surface area (Å²) in [6.45, 7) is 3.30. The predicted molar refractivity (Wildman–Crippen MR) is 76.9 cm³/mol. The number of carbonyl (C=O) groups excluding carboxylic acids is 1.